The lowest BCUT2D eigenvalue weighted by Crippen LogP contribution is -2.28. The van der Waals surface area contributed by atoms with Crippen molar-refractivity contribution in [2.45, 2.75) is 25.1 Å². The number of carbonyl (C=O) groups is 1. The number of pyridine rings is 1. The van der Waals surface area contributed by atoms with Gasteiger partial charge in [0.15, 0.2) is 0 Å². The Morgan fingerprint density at radius 2 is 2.03 bits per heavy atom. The van der Waals surface area contributed by atoms with E-state index in [4.69, 9.17) is 4.74 Å². The Kier molecular flexibility index (Phi) is 6.47. The third-order valence-corrected chi connectivity index (χ3v) is 5.90. The van der Waals surface area contributed by atoms with Gasteiger partial charge in [0.25, 0.3) is 5.91 Å². The smallest absolute Gasteiger partial charge is 0.419 e. The summed E-state index contributed by atoms with van der Waals surface area (Å²) in [6, 6.07) is 12.0. The number of anilines is 3. The Labute approximate surface area is 205 Å². The molecule has 3 heterocycles. The minimum absolute atomic E-state index is 0. The number of alkyl halides is 3. The molecule has 8 nitrogen and oxygen atoms in total. The fraction of sp³-hybridized carbons (Fsp3) is 0.240. The summed E-state index contributed by atoms with van der Waals surface area (Å²) in [7, 11) is 0. The van der Waals surface area contributed by atoms with Crippen molar-refractivity contribution >= 4 is 34.0 Å². The van der Waals surface area contributed by atoms with Crippen LogP contribution in [0.15, 0.2) is 60.9 Å². The van der Waals surface area contributed by atoms with Crippen LogP contribution < -0.4 is 20.7 Å². The number of H-pyrrole nitrogens is 1. The number of nitrogens with one attached hydrogen (secondary N) is 4. The molecule has 0 saturated carbocycles. The van der Waals surface area contributed by atoms with Crippen LogP contribution in [0.1, 0.15) is 30.2 Å². The highest BCUT2D eigenvalue weighted by atomic mass is 19.4. The number of rotatable bonds is 7. The highest BCUT2D eigenvalue weighted by molar-refractivity contribution is 6.08. The molecule has 5 rings (SSSR count). The lowest BCUT2D eigenvalue weighted by molar-refractivity contribution is -0.139. The van der Waals surface area contributed by atoms with Gasteiger partial charge in [-0.2, -0.15) is 18.3 Å². The largest absolute Gasteiger partial charge is 0.491 e. The molecule has 1 aliphatic heterocycles. The second-order valence-corrected chi connectivity index (χ2v) is 8.46. The first-order chi connectivity index (χ1) is 17.4. The number of ether oxygens (including phenoxy) is 1. The van der Waals surface area contributed by atoms with E-state index in [1.54, 1.807) is 18.3 Å². The predicted molar refractivity (Wildman–Crippen MR) is 132 cm³/mol. The first-order valence-electron chi connectivity index (χ1n) is 11.4. The van der Waals surface area contributed by atoms with E-state index in [0.717, 1.165) is 36.4 Å². The fourth-order valence-corrected chi connectivity index (χ4v) is 4.08. The number of fused-ring (bicyclic) bond motifs is 1. The van der Waals surface area contributed by atoms with Crippen molar-refractivity contribution in [2.24, 2.45) is 0 Å². The third kappa shape index (κ3) is 5.25. The van der Waals surface area contributed by atoms with E-state index in [-0.39, 0.29) is 31.1 Å². The summed E-state index contributed by atoms with van der Waals surface area (Å²) in [6.45, 7) is 0.922. The summed E-state index contributed by atoms with van der Waals surface area (Å²) in [4.78, 5) is 17.3. The second-order valence-electron chi connectivity index (χ2n) is 8.46. The lowest BCUT2D eigenvalue weighted by Gasteiger charge is -2.18. The zero-order chi connectivity index (χ0) is 25.1. The first kappa shape index (κ1) is 23.6. The molecule has 0 bridgehead atoms. The maximum atomic E-state index is 13.5. The average molecular weight is 499 g/mol. The molecule has 1 fully saturated rings. The van der Waals surface area contributed by atoms with Crippen LogP contribution in [0.5, 0.6) is 5.75 Å². The molecule has 2 aromatic carbocycles. The summed E-state index contributed by atoms with van der Waals surface area (Å²) in [5.74, 6) is -0.563. The van der Waals surface area contributed by atoms with Crippen molar-refractivity contribution in [1.29, 1.82) is 0 Å². The second kappa shape index (κ2) is 9.86. The molecular formula is C25H25F3N6O2. The Morgan fingerprint density at radius 3 is 2.83 bits per heavy atom. The van der Waals surface area contributed by atoms with Gasteiger partial charge in [-0.1, -0.05) is 0 Å². The van der Waals surface area contributed by atoms with E-state index in [1.165, 1.54) is 18.3 Å². The SMILES string of the molecule is O=C(Nc1ccc(C(F)(F)F)c(OC[C@H]2CCCN2)c1)c1cccnc1Nc1ccc2cn[nH]c2c1.[HH]. The van der Waals surface area contributed by atoms with E-state index < -0.39 is 17.6 Å². The van der Waals surface area contributed by atoms with Gasteiger partial charge in [0.2, 0.25) is 0 Å². The summed E-state index contributed by atoms with van der Waals surface area (Å²) in [6.07, 6.45) is 0.437. The average Bonchev–Trinajstić information content (AvgIpc) is 3.54. The van der Waals surface area contributed by atoms with Crippen molar-refractivity contribution in [3.63, 3.8) is 0 Å². The van der Waals surface area contributed by atoms with Crippen LogP contribution in [0.25, 0.3) is 10.9 Å². The maximum absolute atomic E-state index is 13.5. The van der Waals surface area contributed by atoms with Gasteiger partial charge < -0.3 is 20.7 Å². The summed E-state index contributed by atoms with van der Waals surface area (Å²) in [5, 5.41) is 16.8. The van der Waals surface area contributed by atoms with Crippen molar-refractivity contribution in [3.8, 4) is 5.75 Å². The van der Waals surface area contributed by atoms with Crippen LogP contribution >= 0.6 is 0 Å². The number of halogens is 3. The highest BCUT2D eigenvalue weighted by Gasteiger charge is 2.35. The van der Waals surface area contributed by atoms with Crippen LogP contribution in [0.3, 0.4) is 0 Å². The molecular weight excluding hydrogens is 473 g/mol. The fourth-order valence-electron chi connectivity index (χ4n) is 4.08. The molecule has 1 atom stereocenters. The van der Waals surface area contributed by atoms with Gasteiger partial charge >= 0.3 is 6.18 Å². The Morgan fingerprint density at radius 1 is 1.17 bits per heavy atom. The van der Waals surface area contributed by atoms with Gasteiger partial charge in [-0.15, -0.1) is 0 Å². The number of hydrogen-bond donors (Lipinski definition) is 4. The van der Waals surface area contributed by atoms with Crippen molar-refractivity contribution in [3.05, 3.63) is 72.1 Å². The molecule has 1 saturated heterocycles. The molecule has 4 aromatic rings. The van der Waals surface area contributed by atoms with Gasteiger partial charge in [0.1, 0.15) is 18.2 Å². The number of hydrogen-bond acceptors (Lipinski definition) is 6. The van der Waals surface area contributed by atoms with Crippen LogP contribution in [-0.2, 0) is 6.18 Å². The van der Waals surface area contributed by atoms with Crippen molar-refractivity contribution < 1.29 is 24.1 Å². The molecule has 4 N–H and O–H groups in total. The Balaban J connectivity index is 0.00000320. The predicted octanol–water partition coefficient (Wildman–Crippen LogP) is 5.35. The number of benzene rings is 2. The Bertz CT molecular complexity index is 1390. The highest BCUT2D eigenvalue weighted by Crippen LogP contribution is 2.38. The van der Waals surface area contributed by atoms with Gasteiger partial charge in [-0.25, -0.2) is 4.98 Å². The molecule has 36 heavy (non-hydrogen) atoms. The molecule has 188 valence electrons. The molecule has 0 unspecified atom stereocenters. The maximum Gasteiger partial charge on any atom is 0.419 e. The van der Waals surface area contributed by atoms with Gasteiger partial charge in [0, 0.05) is 36.5 Å². The van der Waals surface area contributed by atoms with E-state index in [9.17, 15) is 18.0 Å². The summed E-state index contributed by atoms with van der Waals surface area (Å²) < 4.78 is 46.2. The molecule has 1 aliphatic rings. The molecule has 1 amide bonds. The van der Waals surface area contributed by atoms with Crippen molar-refractivity contribution in [1.82, 2.24) is 20.5 Å². The van der Waals surface area contributed by atoms with Crippen molar-refractivity contribution in [2.75, 3.05) is 23.8 Å². The molecule has 0 aliphatic carbocycles. The van der Waals surface area contributed by atoms with E-state index in [2.05, 4.69) is 31.1 Å². The van der Waals surface area contributed by atoms with Crippen LogP contribution in [0.4, 0.5) is 30.4 Å². The van der Waals surface area contributed by atoms with E-state index in [1.807, 2.05) is 18.2 Å². The normalized spacial score (nSPS) is 15.7. The lowest BCUT2D eigenvalue weighted by atomic mass is 10.1. The molecule has 2 aromatic heterocycles. The molecule has 0 spiro atoms. The Hall–Kier alpha value is -4.12. The monoisotopic (exact) mass is 498 g/mol. The minimum atomic E-state index is -4.59. The minimum Gasteiger partial charge on any atom is -0.491 e. The number of carbonyl (C=O) groups excluding carboxylic acids is 1. The summed E-state index contributed by atoms with van der Waals surface area (Å²) in [5.41, 5.74) is 1.00. The topological polar surface area (TPSA) is 104 Å². The van der Waals surface area contributed by atoms with Gasteiger partial charge in [-0.05, 0) is 61.9 Å². The van der Waals surface area contributed by atoms with Crippen LogP contribution in [0, 0.1) is 0 Å². The standard InChI is InChI=1S/C25H23F3N6O2.H2/c26-25(27,28)20-8-7-17(12-22(20)36-14-18-3-1-9-29-18)33-24(35)19-4-2-10-30-23(19)32-16-6-5-15-13-31-34-21(15)11-16;/h2,4-8,10-13,18,29H,1,3,9,14H2,(H,30,32)(H,31,34)(H,33,35);1H/t18-;/m1./s1. The quantitative estimate of drug-likeness (QED) is 0.274. The van der Waals surface area contributed by atoms with E-state index >= 15 is 0 Å². The van der Waals surface area contributed by atoms with Crippen LogP contribution in [-0.4, -0.2) is 40.3 Å². The zero-order valence-corrected chi connectivity index (χ0v) is 19.0. The molecule has 0 radical (unpaired) electrons. The number of nitrogens with zero attached hydrogens (tertiary/aromatic N) is 2. The van der Waals surface area contributed by atoms with Crippen LogP contribution in [0.2, 0.25) is 0 Å². The van der Waals surface area contributed by atoms with E-state index in [0.29, 0.717) is 11.5 Å². The van der Waals surface area contributed by atoms with Gasteiger partial charge in [-0.3, -0.25) is 9.89 Å². The van der Waals surface area contributed by atoms with Gasteiger partial charge in [0.05, 0.1) is 22.8 Å². The third-order valence-electron chi connectivity index (χ3n) is 5.90. The number of aromatic amines is 1. The number of aromatic nitrogens is 3. The summed E-state index contributed by atoms with van der Waals surface area (Å²) >= 11 is 0. The molecule has 11 heteroatoms. The first-order valence-corrected chi connectivity index (χ1v) is 11.4. The zero-order valence-electron chi connectivity index (χ0n) is 19.0. The number of amides is 1.